The van der Waals surface area contributed by atoms with Crippen LogP contribution in [0.5, 0.6) is 0 Å². The van der Waals surface area contributed by atoms with Crippen molar-refractivity contribution in [2.45, 2.75) is 19.5 Å². The number of hydrogen-bond donors (Lipinski definition) is 1. The van der Waals surface area contributed by atoms with Gasteiger partial charge in [0.2, 0.25) is 0 Å². The van der Waals surface area contributed by atoms with Gasteiger partial charge in [-0.1, -0.05) is 36.9 Å². The number of rotatable bonds is 4. The van der Waals surface area contributed by atoms with Gasteiger partial charge in [-0.2, -0.15) is 0 Å². The van der Waals surface area contributed by atoms with Crippen molar-refractivity contribution < 1.29 is 9.72 Å². The molecule has 0 bridgehead atoms. The molecule has 2 aromatic carbocycles. The van der Waals surface area contributed by atoms with E-state index in [0.29, 0.717) is 21.4 Å². The van der Waals surface area contributed by atoms with Gasteiger partial charge in [0.15, 0.2) is 11.3 Å². The molecule has 0 saturated heterocycles. The molecule has 4 rings (SSSR count). The molecule has 8 nitrogen and oxygen atoms in total. The molecule has 0 aromatic heterocycles. The summed E-state index contributed by atoms with van der Waals surface area (Å²) >= 11 is 1.47. The predicted molar refractivity (Wildman–Crippen MR) is 107 cm³/mol. The van der Waals surface area contributed by atoms with Gasteiger partial charge in [-0.05, 0) is 30.2 Å². The number of amides is 1. The summed E-state index contributed by atoms with van der Waals surface area (Å²) < 4.78 is 0. The lowest BCUT2D eigenvalue weighted by Crippen LogP contribution is -2.50. The Morgan fingerprint density at radius 2 is 1.96 bits per heavy atom. The number of nitrogens with zero attached hydrogens (tertiary/aromatic N) is 4. The lowest BCUT2D eigenvalue weighted by atomic mass is 10.1. The second-order valence-electron chi connectivity index (χ2n) is 6.27. The van der Waals surface area contributed by atoms with Gasteiger partial charge in [0, 0.05) is 23.1 Å². The number of carbonyl (C=O) groups excluding carboxylic acids is 1. The lowest BCUT2D eigenvalue weighted by Gasteiger charge is -2.34. The van der Waals surface area contributed by atoms with Crippen molar-refractivity contribution in [3.63, 3.8) is 0 Å². The Morgan fingerprint density at radius 3 is 2.68 bits per heavy atom. The minimum absolute atomic E-state index is 0.00300. The molecule has 0 spiro atoms. The zero-order chi connectivity index (χ0) is 19.7. The number of para-hydroxylation sites is 1. The highest BCUT2D eigenvalue weighted by atomic mass is 32.2. The van der Waals surface area contributed by atoms with Gasteiger partial charge >= 0.3 is 0 Å². The van der Waals surface area contributed by atoms with E-state index in [9.17, 15) is 14.9 Å². The Balaban J connectivity index is 1.85. The van der Waals surface area contributed by atoms with E-state index in [1.807, 2.05) is 24.3 Å². The van der Waals surface area contributed by atoms with Crippen molar-refractivity contribution in [3.8, 4) is 0 Å². The van der Waals surface area contributed by atoms with Crippen molar-refractivity contribution >= 4 is 34.2 Å². The van der Waals surface area contributed by atoms with E-state index in [2.05, 4.69) is 17.3 Å². The number of benzene rings is 2. The van der Waals surface area contributed by atoms with E-state index in [1.54, 1.807) is 17.1 Å². The molecular formula is C19H17N5O3S. The van der Waals surface area contributed by atoms with Gasteiger partial charge in [0.05, 0.1) is 10.3 Å². The molecule has 0 fully saturated rings. The molecule has 9 heteroatoms. The molecule has 1 N–H and O–H groups in total. The van der Waals surface area contributed by atoms with Gasteiger partial charge < -0.3 is 0 Å². The summed E-state index contributed by atoms with van der Waals surface area (Å²) in [5, 5.41) is 22.0. The molecule has 2 aliphatic rings. The van der Waals surface area contributed by atoms with Gasteiger partial charge in [-0.15, -0.1) is 5.10 Å². The molecule has 1 atom stereocenters. The second-order valence-corrected chi connectivity index (χ2v) is 7.35. The highest BCUT2D eigenvalue weighted by molar-refractivity contribution is 8.13. The highest BCUT2D eigenvalue weighted by Gasteiger charge is 2.34. The highest BCUT2D eigenvalue weighted by Crippen LogP contribution is 2.31. The monoisotopic (exact) mass is 395 g/mol. The molecule has 2 aliphatic heterocycles. The van der Waals surface area contributed by atoms with Gasteiger partial charge in [-0.25, -0.2) is 5.01 Å². The van der Waals surface area contributed by atoms with E-state index >= 15 is 0 Å². The average Bonchev–Trinajstić information content (AvgIpc) is 2.71. The number of amidine groups is 1. The van der Waals surface area contributed by atoms with Crippen LogP contribution >= 0.6 is 11.8 Å². The topological polar surface area (TPSA) is 100 Å². The minimum Gasteiger partial charge on any atom is -0.298 e. The quantitative estimate of drug-likeness (QED) is 0.629. The Bertz CT molecular complexity index is 1100. The fourth-order valence-corrected chi connectivity index (χ4v) is 3.78. The van der Waals surface area contributed by atoms with E-state index < -0.39 is 11.1 Å². The maximum atomic E-state index is 12.9. The molecule has 142 valence electrons. The normalized spacial score (nSPS) is 17.8. The minimum atomic E-state index is -0.575. The van der Waals surface area contributed by atoms with Crippen LogP contribution in [0.15, 0.2) is 58.6 Å². The number of fused-ring (bicyclic) bond motifs is 2. The van der Waals surface area contributed by atoms with Crippen LogP contribution in [-0.2, 0) is 4.79 Å². The summed E-state index contributed by atoms with van der Waals surface area (Å²) in [7, 11) is 0. The maximum Gasteiger partial charge on any atom is 0.276 e. The van der Waals surface area contributed by atoms with Crippen molar-refractivity contribution in [2.24, 2.45) is 10.1 Å². The third-order valence-corrected chi connectivity index (χ3v) is 5.43. The van der Waals surface area contributed by atoms with Gasteiger partial charge in [0.1, 0.15) is 5.70 Å². The smallest absolute Gasteiger partial charge is 0.276 e. The van der Waals surface area contributed by atoms with Gasteiger partial charge in [0.25, 0.3) is 11.6 Å². The average molecular weight is 395 g/mol. The van der Waals surface area contributed by atoms with Crippen molar-refractivity contribution in [1.82, 2.24) is 10.3 Å². The summed E-state index contributed by atoms with van der Waals surface area (Å²) in [6.07, 6.45) is 0.378. The summed E-state index contributed by atoms with van der Waals surface area (Å²) in [4.78, 5) is 28.1. The fraction of sp³-hybridized carbons (Fsp3) is 0.211. The van der Waals surface area contributed by atoms with Crippen molar-refractivity contribution in [2.75, 3.05) is 5.75 Å². The number of nitro benzene ring substituents is 1. The molecule has 0 saturated carbocycles. The lowest BCUT2D eigenvalue weighted by molar-refractivity contribution is -0.384. The Morgan fingerprint density at radius 1 is 1.21 bits per heavy atom. The number of carbonyl (C=O) groups is 1. The first kappa shape index (κ1) is 18.2. The Kier molecular flexibility index (Phi) is 4.82. The van der Waals surface area contributed by atoms with E-state index in [1.165, 1.54) is 23.9 Å². The van der Waals surface area contributed by atoms with Crippen molar-refractivity contribution in [3.05, 3.63) is 74.8 Å². The number of hydrazone groups is 1. The van der Waals surface area contributed by atoms with Crippen LogP contribution in [0.4, 0.5) is 5.69 Å². The zero-order valence-electron chi connectivity index (χ0n) is 15.0. The first-order valence-electron chi connectivity index (χ1n) is 8.82. The summed E-state index contributed by atoms with van der Waals surface area (Å²) in [5.74, 6) is 0.598. The summed E-state index contributed by atoms with van der Waals surface area (Å²) in [6, 6.07) is 13.6. The number of non-ortho nitro benzene ring substituents is 1. The third-order valence-electron chi connectivity index (χ3n) is 4.36. The molecule has 2 heterocycles. The largest absolute Gasteiger partial charge is 0.298 e. The Labute approximate surface area is 164 Å². The van der Waals surface area contributed by atoms with Crippen LogP contribution in [0.1, 0.15) is 25.1 Å². The van der Waals surface area contributed by atoms with Gasteiger partial charge in [-0.3, -0.25) is 25.2 Å². The Hall–Kier alpha value is -3.20. The number of hydrogen-bond acceptors (Lipinski definition) is 7. The van der Waals surface area contributed by atoms with E-state index in [-0.39, 0.29) is 11.6 Å². The SMILES string of the molecule is CCCSC1=NN2C(=c3ccccc3=NC2c2ccc([N+](=O)[O-])cc2)C(=O)N1. The third kappa shape index (κ3) is 3.24. The number of thioether (sulfide) groups is 1. The van der Waals surface area contributed by atoms with Crippen LogP contribution in [0.3, 0.4) is 0 Å². The zero-order valence-corrected chi connectivity index (χ0v) is 15.8. The summed E-state index contributed by atoms with van der Waals surface area (Å²) in [5.41, 5.74) is 1.15. The van der Waals surface area contributed by atoms with Crippen LogP contribution in [0.25, 0.3) is 5.70 Å². The number of nitro groups is 1. The first-order valence-corrected chi connectivity index (χ1v) is 9.80. The maximum absolute atomic E-state index is 12.9. The molecule has 1 unspecified atom stereocenters. The van der Waals surface area contributed by atoms with E-state index in [4.69, 9.17) is 4.99 Å². The predicted octanol–water partition coefficient (Wildman–Crippen LogP) is 1.88. The molecular weight excluding hydrogens is 378 g/mol. The van der Waals surface area contributed by atoms with Crippen LogP contribution in [-0.4, -0.2) is 26.8 Å². The second kappa shape index (κ2) is 7.43. The molecule has 0 aliphatic carbocycles. The fourth-order valence-electron chi connectivity index (χ4n) is 3.08. The number of nitrogens with one attached hydrogen (secondary N) is 1. The molecule has 28 heavy (non-hydrogen) atoms. The van der Waals surface area contributed by atoms with Crippen LogP contribution in [0.2, 0.25) is 0 Å². The first-order chi connectivity index (χ1) is 13.6. The van der Waals surface area contributed by atoms with Crippen molar-refractivity contribution in [1.29, 1.82) is 0 Å². The molecule has 2 aromatic rings. The molecule has 0 radical (unpaired) electrons. The summed E-state index contributed by atoms with van der Waals surface area (Å²) in [6.45, 7) is 2.06. The standard InChI is InChI=1S/C19H17N5O3S/c1-2-11-28-19-21-18(25)16-14-5-3-4-6-15(14)20-17(23(16)22-19)12-7-9-13(10-8-12)24(26)27/h3-10,17H,2,11H2,1H3,(H,21,22,25). The molecule has 1 amide bonds. The van der Waals surface area contributed by atoms with E-state index in [0.717, 1.165) is 17.7 Å². The van der Waals surface area contributed by atoms with Crippen LogP contribution in [0, 0.1) is 10.1 Å². The van der Waals surface area contributed by atoms with Crippen LogP contribution < -0.4 is 15.9 Å².